The second-order valence-corrected chi connectivity index (χ2v) is 9.45. The van der Waals surface area contributed by atoms with E-state index in [-0.39, 0.29) is 23.6 Å². The van der Waals surface area contributed by atoms with Gasteiger partial charge in [-0.05, 0) is 24.7 Å². The molecule has 8 nitrogen and oxygen atoms in total. The number of carbonyl (C=O) groups excluding carboxylic acids is 1. The van der Waals surface area contributed by atoms with Crippen molar-refractivity contribution in [3.63, 3.8) is 0 Å². The minimum atomic E-state index is -1.26. The largest absolute Gasteiger partial charge is 0.463 e. The first kappa shape index (κ1) is 27.0. The zero-order valence-corrected chi connectivity index (χ0v) is 21.3. The number of carbonyl (C=O) groups is 1. The summed E-state index contributed by atoms with van der Waals surface area (Å²) in [6.45, 7) is 2.02. The van der Waals surface area contributed by atoms with Gasteiger partial charge < -0.3 is 25.4 Å². The summed E-state index contributed by atoms with van der Waals surface area (Å²) in [7, 11) is 0. The van der Waals surface area contributed by atoms with Gasteiger partial charge in [0.05, 0.1) is 0 Å². The van der Waals surface area contributed by atoms with E-state index in [4.69, 9.17) is 28.8 Å². The maximum Gasteiger partial charge on any atom is 0.305 e. The lowest BCUT2D eigenvalue weighted by Gasteiger charge is -2.18. The van der Waals surface area contributed by atoms with Gasteiger partial charge in [-0.25, -0.2) is 4.98 Å². The van der Waals surface area contributed by atoms with Gasteiger partial charge in [-0.2, -0.15) is 0 Å². The molecular weight excluding hydrogens is 454 g/mol. The van der Waals surface area contributed by atoms with E-state index in [1.807, 2.05) is 0 Å². The third kappa shape index (κ3) is 9.98. The molecule has 1 aliphatic rings. The number of ether oxygens (including phenoxy) is 2. The molecular formula is C25H43N3O5S. The van der Waals surface area contributed by atoms with Gasteiger partial charge in [0.25, 0.3) is 0 Å². The molecule has 194 valence electrons. The summed E-state index contributed by atoms with van der Waals surface area (Å²) in [5.41, 5.74) is 5.60. The molecule has 0 spiro atoms. The number of anilines is 1. The average Bonchev–Trinajstić information content (AvgIpc) is 3.09. The number of nitrogen functional groups attached to an aromatic ring is 1. The smallest absolute Gasteiger partial charge is 0.305 e. The Morgan fingerprint density at radius 1 is 1.12 bits per heavy atom. The molecule has 2 heterocycles. The lowest BCUT2D eigenvalue weighted by atomic mass is 10.0. The van der Waals surface area contributed by atoms with E-state index in [0.29, 0.717) is 6.42 Å². The normalized spacial score (nSPS) is 23.6. The molecule has 1 fully saturated rings. The van der Waals surface area contributed by atoms with Crippen LogP contribution in [0.5, 0.6) is 0 Å². The average molecular weight is 499 g/mol. The Balaban J connectivity index is 1.58. The van der Waals surface area contributed by atoms with Gasteiger partial charge in [0.2, 0.25) is 4.77 Å². The summed E-state index contributed by atoms with van der Waals surface area (Å²) < 4.78 is 20.5. The van der Waals surface area contributed by atoms with Crippen LogP contribution in [0.1, 0.15) is 104 Å². The molecule has 0 aliphatic carbocycles. The fourth-order valence-electron chi connectivity index (χ4n) is 4.12. The van der Waals surface area contributed by atoms with Crippen molar-refractivity contribution in [2.24, 2.45) is 0 Å². The van der Waals surface area contributed by atoms with Crippen molar-refractivity contribution >= 4 is 24.0 Å². The molecule has 2 unspecified atom stereocenters. The van der Waals surface area contributed by atoms with Crippen LogP contribution in [0.25, 0.3) is 0 Å². The van der Waals surface area contributed by atoms with Crippen molar-refractivity contribution in [2.75, 3.05) is 12.3 Å². The summed E-state index contributed by atoms with van der Waals surface area (Å²) in [5.74, 6) is -0.268. The van der Waals surface area contributed by atoms with E-state index in [2.05, 4.69) is 11.9 Å². The monoisotopic (exact) mass is 498 g/mol. The number of hydrogen-bond acceptors (Lipinski definition) is 8. The Bertz CT molecular complexity index is 812. The lowest BCUT2D eigenvalue weighted by molar-refractivity contribution is -0.150. The number of nitrogens with zero attached hydrogens (tertiary/aromatic N) is 2. The molecule has 0 aromatic carbocycles. The van der Waals surface area contributed by atoms with Crippen LogP contribution in [0.2, 0.25) is 0 Å². The molecule has 0 saturated carbocycles. The molecule has 1 saturated heterocycles. The summed E-state index contributed by atoms with van der Waals surface area (Å²) in [6, 6.07) is 1.51. The molecule has 1 aromatic rings. The van der Waals surface area contributed by atoms with Crippen LogP contribution in [0.4, 0.5) is 5.82 Å². The number of hydrogen-bond donors (Lipinski definition) is 3. The van der Waals surface area contributed by atoms with Crippen molar-refractivity contribution in [2.45, 2.75) is 121 Å². The van der Waals surface area contributed by atoms with Crippen LogP contribution >= 0.6 is 12.2 Å². The van der Waals surface area contributed by atoms with Crippen molar-refractivity contribution in [3.05, 3.63) is 17.0 Å². The van der Waals surface area contributed by atoms with E-state index in [1.165, 1.54) is 74.6 Å². The predicted octanol–water partition coefficient (Wildman–Crippen LogP) is 4.84. The molecule has 4 N–H and O–H groups in total. The summed E-state index contributed by atoms with van der Waals surface area (Å²) in [5, 5.41) is 20.6. The van der Waals surface area contributed by atoms with Crippen LogP contribution in [-0.2, 0) is 14.3 Å². The van der Waals surface area contributed by atoms with E-state index < -0.39 is 36.9 Å². The fraction of sp³-hybridized carbons (Fsp3) is 0.800. The Kier molecular flexibility index (Phi) is 12.9. The number of aliphatic hydroxyl groups excluding tert-OH is 2. The number of rotatable bonds is 17. The van der Waals surface area contributed by atoms with Crippen LogP contribution in [0.3, 0.4) is 0 Å². The minimum Gasteiger partial charge on any atom is -0.463 e. The summed E-state index contributed by atoms with van der Waals surface area (Å²) in [4.78, 5) is 16.1. The van der Waals surface area contributed by atoms with E-state index in [1.54, 1.807) is 0 Å². The molecule has 1 aliphatic heterocycles. The van der Waals surface area contributed by atoms with E-state index in [0.717, 1.165) is 12.8 Å². The lowest BCUT2D eigenvalue weighted by Crippen LogP contribution is -2.34. The predicted molar refractivity (Wildman–Crippen MR) is 135 cm³/mol. The number of aromatic nitrogens is 2. The minimum absolute atomic E-state index is 0.000498. The standard InChI is InChI=1S/C25H43N3O5S/c1-2-3-4-5-6-7-8-9-10-11-12-13-14-15-21(29)32-18-19-22(30)23(31)24(33-19)28-17-16-20(26)27-25(28)34/h16-17,19,22-24,30-31H,2-15,18H2,1H3,(H2,26,27,34)/t19-,22-,23+,24?/m1/s1/i14D/t14?,19-,22-,23+,24?. The first-order valence-electron chi connectivity index (χ1n) is 13.3. The van der Waals surface area contributed by atoms with Gasteiger partial charge in [0.1, 0.15) is 30.7 Å². The molecule has 5 atom stereocenters. The van der Waals surface area contributed by atoms with Crippen LogP contribution < -0.4 is 5.73 Å². The molecule has 0 radical (unpaired) electrons. The Labute approximate surface area is 210 Å². The highest BCUT2D eigenvalue weighted by atomic mass is 32.1. The highest BCUT2D eigenvalue weighted by Gasteiger charge is 2.44. The Morgan fingerprint density at radius 2 is 1.71 bits per heavy atom. The number of unbranched alkanes of at least 4 members (excludes halogenated alkanes) is 10. The molecule has 9 heteroatoms. The van der Waals surface area contributed by atoms with Crippen LogP contribution in [-0.4, -0.2) is 50.7 Å². The molecule has 1 aromatic heterocycles. The van der Waals surface area contributed by atoms with Gasteiger partial charge in [0.15, 0.2) is 6.23 Å². The van der Waals surface area contributed by atoms with Gasteiger partial charge in [-0.15, -0.1) is 0 Å². The third-order valence-electron chi connectivity index (χ3n) is 6.19. The molecule has 2 rings (SSSR count). The number of aliphatic hydroxyl groups is 2. The summed E-state index contributed by atoms with van der Waals surface area (Å²) >= 11 is 5.14. The molecule has 0 amide bonds. The highest BCUT2D eigenvalue weighted by Crippen LogP contribution is 2.30. The fourth-order valence-corrected chi connectivity index (χ4v) is 4.39. The quantitative estimate of drug-likeness (QED) is 0.159. The van der Waals surface area contributed by atoms with Gasteiger partial charge >= 0.3 is 5.97 Å². The zero-order valence-electron chi connectivity index (χ0n) is 21.4. The molecule has 34 heavy (non-hydrogen) atoms. The first-order valence-corrected chi connectivity index (χ1v) is 13.2. The highest BCUT2D eigenvalue weighted by molar-refractivity contribution is 7.71. The molecule has 0 bridgehead atoms. The number of nitrogens with two attached hydrogens (primary N) is 1. The van der Waals surface area contributed by atoms with Crippen LogP contribution in [0.15, 0.2) is 12.3 Å². The van der Waals surface area contributed by atoms with Gasteiger partial charge in [0, 0.05) is 14.0 Å². The maximum atomic E-state index is 12.2. The van der Waals surface area contributed by atoms with Crippen molar-refractivity contribution < 1.29 is 25.9 Å². The van der Waals surface area contributed by atoms with Crippen molar-refractivity contribution in [1.82, 2.24) is 9.55 Å². The second-order valence-electron chi connectivity index (χ2n) is 9.09. The van der Waals surface area contributed by atoms with Crippen molar-refractivity contribution in [1.29, 1.82) is 0 Å². The SMILES string of the molecule is [2H]C(CCCCCCCCCCCCC)CC(=O)OC[C@H]1OC(n2ccc(N)nc2=S)[C@@H](O)[C@@H]1O. The van der Waals surface area contributed by atoms with Crippen LogP contribution in [0, 0.1) is 4.77 Å². The second kappa shape index (κ2) is 16.2. The Morgan fingerprint density at radius 3 is 2.29 bits per heavy atom. The number of esters is 1. The first-order chi connectivity index (χ1) is 16.8. The van der Waals surface area contributed by atoms with E-state index in [9.17, 15) is 15.0 Å². The topological polar surface area (TPSA) is 120 Å². The van der Waals surface area contributed by atoms with Crippen molar-refractivity contribution in [3.8, 4) is 0 Å². The van der Waals surface area contributed by atoms with E-state index >= 15 is 0 Å². The van der Waals surface area contributed by atoms with Gasteiger partial charge in [-0.1, -0.05) is 84.0 Å². The third-order valence-corrected chi connectivity index (χ3v) is 6.50. The summed E-state index contributed by atoms with van der Waals surface area (Å²) in [6.07, 6.45) is 11.0. The Hall–Kier alpha value is -1.55. The zero-order chi connectivity index (χ0) is 25.6. The van der Waals surface area contributed by atoms with Gasteiger partial charge in [-0.3, -0.25) is 9.36 Å². The maximum absolute atomic E-state index is 12.2.